The van der Waals surface area contributed by atoms with Gasteiger partial charge in [0.2, 0.25) is 0 Å². The first-order valence-corrected chi connectivity index (χ1v) is 10.5. The van der Waals surface area contributed by atoms with Crippen LogP contribution in [0.25, 0.3) is 0 Å². The van der Waals surface area contributed by atoms with E-state index in [9.17, 15) is 14.4 Å². The van der Waals surface area contributed by atoms with Gasteiger partial charge in [-0.2, -0.15) is 5.10 Å². The maximum Gasteiger partial charge on any atom is 0.266 e. The van der Waals surface area contributed by atoms with E-state index in [0.717, 1.165) is 10.5 Å². The number of aryl methyl sites for hydroxylation is 1. The summed E-state index contributed by atoms with van der Waals surface area (Å²) in [6.07, 6.45) is 3.34. The summed E-state index contributed by atoms with van der Waals surface area (Å²) in [6.45, 7) is 2.63. The summed E-state index contributed by atoms with van der Waals surface area (Å²) < 4.78 is 1.75. The van der Waals surface area contributed by atoms with E-state index in [1.807, 2.05) is 31.2 Å². The van der Waals surface area contributed by atoms with Crippen LogP contribution in [0.4, 0.5) is 11.4 Å². The van der Waals surface area contributed by atoms with Gasteiger partial charge in [0, 0.05) is 11.8 Å². The van der Waals surface area contributed by atoms with Crippen molar-refractivity contribution >= 4 is 29.1 Å². The fraction of sp³-hybridized carbons (Fsp3) is 0.0769. The summed E-state index contributed by atoms with van der Waals surface area (Å²) in [4.78, 5) is 39.4. The average Bonchev–Trinajstić information content (AvgIpc) is 3.37. The van der Waals surface area contributed by atoms with Gasteiger partial charge in [-0.25, -0.2) is 4.90 Å². The molecule has 7 heteroatoms. The van der Waals surface area contributed by atoms with E-state index in [2.05, 4.69) is 10.4 Å². The van der Waals surface area contributed by atoms with Crippen molar-refractivity contribution in [1.29, 1.82) is 0 Å². The largest absolute Gasteiger partial charge is 0.319 e. The highest BCUT2D eigenvalue weighted by atomic mass is 16.2. The number of hydrogen-bond donors (Lipinski definition) is 1. The number of carbonyl (C=O) groups is 3. The van der Waals surface area contributed by atoms with Crippen LogP contribution in [0.5, 0.6) is 0 Å². The molecule has 4 aromatic rings. The maximum atomic E-state index is 12.8. The van der Waals surface area contributed by atoms with Crippen molar-refractivity contribution < 1.29 is 14.4 Å². The number of hydrogen-bond acceptors (Lipinski definition) is 4. The summed E-state index contributed by atoms with van der Waals surface area (Å²) in [5.74, 6) is -1.15. The van der Waals surface area contributed by atoms with E-state index in [-0.39, 0.29) is 5.91 Å². The Labute approximate surface area is 190 Å². The highest BCUT2D eigenvalue weighted by molar-refractivity contribution is 6.34. The minimum atomic E-state index is -0.398. The van der Waals surface area contributed by atoms with E-state index < -0.39 is 11.8 Å². The minimum absolute atomic E-state index is 0.329. The molecule has 0 atom stereocenters. The number of nitrogens with zero attached hydrogens (tertiary/aromatic N) is 3. The third-order valence-electron chi connectivity index (χ3n) is 5.52. The molecule has 1 N–H and O–H groups in total. The molecule has 0 saturated heterocycles. The number of benzene rings is 3. The van der Waals surface area contributed by atoms with Gasteiger partial charge in [0.15, 0.2) is 0 Å². The molecular formula is C26H20N4O3. The number of anilines is 2. The first kappa shape index (κ1) is 20.4. The van der Waals surface area contributed by atoms with Crippen molar-refractivity contribution in [2.45, 2.75) is 13.5 Å². The highest BCUT2D eigenvalue weighted by Crippen LogP contribution is 2.29. The fourth-order valence-corrected chi connectivity index (χ4v) is 3.81. The van der Waals surface area contributed by atoms with Crippen LogP contribution in [0.1, 0.15) is 42.2 Å². The van der Waals surface area contributed by atoms with Crippen LogP contribution in [-0.2, 0) is 6.54 Å². The molecule has 5 rings (SSSR count). The van der Waals surface area contributed by atoms with Crippen LogP contribution in [0.2, 0.25) is 0 Å². The second kappa shape index (κ2) is 8.20. The molecular weight excluding hydrogens is 416 g/mol. The molecule has 1 aliphatic heterocycles. The maximum absolute atomic E-state index is 12.8. The first-order chi connectivity index (χ1) is 16.0. The molecule has 2 heterocycles. The average molecular weight is 436 g/mol. The van der Waals surface area contributed by atoms with Crippen LogP contribution in [-0.4, -0.2) is 27.5 Å². The van der Waals surface area contributed by atoms with Crippen LogP contribution < -0.4 is 10.2 Å². The van der Waals surface area contributed by atoms with Gasteiger partial charge < -0.3 is 5.32 Å². The molecule has 0 spiro atoms. The summed E-state index contributed by atoms with van der Waals surface area (Å²) in [5.41, 5.74) is 4.25. The smallest absolute Gasteiger partial charge is 0.266 e. The molecule has 162 valence electrons. The predicted octanol–water partition coefficient (Wildman–Crippen LogP) is 4.29. The van der Waals surface area contributed by atoms with Gasteiger partial charge in [-0.1, -0.05) is 48.0 Å². The lowest BCUT2D eigenvalue weighted by molar-refractivity contribution is 0.0924. The van der Waals surface area contributed by atoms with Crippen LogP contribution in [0.15, 0.2) is 85.2 Å². The lowest BCUT2D eigenvalue weighted by Crippen LogP contribution is -2.29. The molecule has 3 amide bonds. The number of fused-ring (bicyclic) bond motifs is 1. The van der Waals surface area contributed by atoms with E-state index in [1.165, 1.54) is 11.6 Å². The van der Waals surface area contributed by atoms with E-state index in [1.54, 1.807) is 59.5 Å². The van der Waals surface area contributed by atoms with Gasteiger partial charge in [-0.05, 0) is 42.8 Å². The Morgan fingerprint density at radius 2 is 1.61 bits per heavy atom. The van der Waals surface area contributed by atoms with Gasteiger partial charge >= 0.3 is 0 Å². The summed E-state index contributed by atoms with van der Waals surface area (Å²) in [6, 6.07) is 21.3. The Morgan fingerprint density at radius 3 is 2.30 bits per heavy atom. The Kier molecular flexibility index (Phi) is 5.06. The molecule has 33 heavy (non-hydrogen) atoms. The number of carbonyl (C=O) groups excluding carboxylic acids is 3. The van der Waals surface area contributed by atoms with E-state index in [0.29, 0.717) is 34.6 Å². The zero-order valence-electron chi connectivity index (χ0n) is 17.9. The van der Waals surface area contributed by atoms with E-state index in [4.69, 9.17) is 0 Å². The van der Waals surface area contributed by atoms with Gasteiger partial charge in [-0.3, -0.25) is 19.1 Å². The number of amides is 3. The zero-order chi connectivity index (χ0) is 22.9. The molecule has 0 bridgehead atoms. The fourth-order valence-electron chi connectivity index (χ4n) is 3.81. The van der Waals surface area contributed by atoms with Crippen molar-refractivity contribution in [3.63, 3.8) is 0 Å². The quantitative estimate of drug-likeness (QED) is 0.473. The van der Waals surface area contributed by atoms with Gasteiger partial charge in [0.1, 0.15) is 0 Å². The van der Waals surface area contributed by atoms with Gasteiger partial charge in [0.25, 0.3) is 17.7 Å². The van der Waals surface area contributed by atoms with Crippen LogP contribution in [0.3, 0.4) is 0 Å². The van der Waals surface area contributed by atoms with Gasteiger partial charge in [-0.15, -0.1) is 0 Å². The Hall–Kier alpha value is -4.52. The molecule has 0 saturated carbocycles. The van der Waals surface area contributed by atoms with Gasteiger partial charge in [0.05, 0.1) is 35.2 Å². The SMILES string of the molecule is Cc1ccc(Cn2cc(NC(=O)c3cccc(N4C(=O)c5ccccc5C4=O)c3)cn2)cc1. The second-order valence-electron chi connectivity index (χ2n) is 7.91. The number of imide groups is 1. The lowest BCUT2D eigenvalue weighted by Gasteiger charge is -2.15. The second-order valence-corrected chi connectivity index (χ2v) is 7.91. The minimum Gasteiger partial charge on any atom is -0.319 e. The Balaban J connectivity index is 1.31. The van der Waals surface area contributed by atoms with Crippen molar-refractivity contribution in [3.05, 3.63) is 113 Å². The molecule has 0 aliphatic carbocycles. The predicted molar refractivity (Wildman–Crippen MR) is 124 cm³/mol. The Bertz CT molecular complexity index is 1350. The first-order valence-electron chi connectivity index (χ1n) is 10.5. The normalized spacial score (nSPS) is 12.7. The molecule has 1 aromatic heterocycles. The summed E-state index contributed by atoms with van der Waals surface area (Å²) >= 11 is 0. The van der Waals surface area contributed by atoms with Crippen molar-refractivity contribution in [2.75, 3.05) is 10.2 Å². The molecule has 1 aliphatic rings. The lowest BCUT2D eigenvalue weighted by atomic mass is 10.1. The molecule has 0 fully saturated rings. The highest BCUT2D eigenvalue weighted by Gasteiger charge is 2.36. The van der Waals surface area contributed by atoms with Crippen LogP contribution >= 0.6 is 0 Å². The van der Waals surface area contributed by atoms with Crippen molar-refractivity contribution in [2.24, 2.45) is 0 Å². The monoisotopic (exact) mass is 436 g/mol. The Morgan fingerprint density at radius 1 is 0.909 bits per heavy atom. The molecule has 0 radical (unpaired) electrons. The third-order valence-corrected chi connectivity index (χ3v) is 5.52. The molecule has 7 nitrogen and oxygen atoms in total. The topological polar surface area (TPSA) is 84.3 Å². The number of nitrogens with one attached hydrogen (secondary N) is 1. The summed E-state index contributed by atoms with van der Waals surface area (Å²) in [7, 11) is 0. The van der Waals surface area contributed by atoms with Crippen molar-refractivity contribution in [3.8, 4) is 0 Å². The van der Waals surface area contributed by atoms with Crippen LogP contribution in [0, 0.1) is 6.92 Å². The van der Waals surface area contributed by atoms with Crippen molar-refractivity contribution in [1.82, 2.24) is 9.78 Å². The molecule has 0 unspecified atom stereocenters. The zero-order valence-corrected chi connectivity index (χ0v) is 17.9. The van der Waals surface area contributed by atoms with E-state index >= 15 is 0 Å². The number of aromatic nitrogens is 2. The summed E-state index contributed by atoms with van der Waals surface area (Å²) in [5, 5.41) is 7.13. The standard InChI is InChI=1S/C26H20N4O3/c1-17-9-11-18(12-10-17)15-29-16-20(14-27-29)28-24(31)19-5-4-6-21(13-19)30-25(32)22-7-2-3-8-23(22)26(30)33/h2-14,16H,15H2,1H3,(H,28,31). The third kappa shape index (κ3) is 3.92. The molecule has 3 aromatic carbocycles. The number of rotatable bonds is 5.